The third-order valence-electron chi connectivity index (χ3n) is 0.319. The minimum atomic E-state index is -0.477. The lowest BCUT2D eigenvalue weighted by Crippen LogP contribution is -2.28. The Kier molecular flexibility index (Phi) is 2.56. The first kappa shape index (κ1) is 5.55. The maximum atomic E-state index is 9.76. The topological polar surface area (TPSA) is 83.2 Å². The maximum Gasteiger partial charge on any atom is 0.463 e. The Balaban J connectivity index is 2.99. The first-order valence-electron chi connectivity index (χ1n) is 1.45. The van der Waals surface area contributed by atoms with E-state index >= 15 is 0 Å². The van der Waals surface area contributed by atoms with Gasteiger partial charge in [-0.2, -0.15) is 0 Å². The molecule has 0 spiro atoms. The van der Waals surface area contributed by atoms with Gasteiger partial charge in [0, 0.05) is 0 Å². The molecule has 0 heterocycles. The third-order valence-corrected chi connectivity index (χ3v) is 0.319. The van der Waals surface area contributed by atoms with Crippen LogP contribution in [0.5, 0.6) is 0 Å². The predicted octanol–water partition coefficient (Wildman–Crippen LogP) is -2.05. The van der Waals surface area contributed by atoms with Crippen molar-refractivity contribution in [3.63, 3.8) is 0 Å². The van der Waals surface area contributed by atoms with Crippen molar-refractivity contribution >= 4 is 5.91 Å². The maximum absolute atomic E-state index is 9.76. The second kappa shape index (κ2) is 2.77. The smallest absolute Gasteiger partial charge is 0.319 e. The van der Waals surface area contributed by atoms with E-state index in [1.807, 2.05) is 0 Å². The second-order valence-electron chi connectivity index (χ2n) is 0.727. The van der Waals surface area contributed by atoms with Gasteiger partial charge in [0.1, 0.15) is 6.54 Å². The van der Waals surface area contributed by atoms with E-state index in [0.29, 0.717) is 0 Å². The molecule has 0 aliphatic heterocycles. The van der Waals surface area contributed by atoms with E-state index in [-0.39, 0.29) is 6.54 Å². The summed E-state index contributed by atoms with van der Waals surface area (Å²) in [5.74, 6) is 4.00. The van der Waals surface area contributed by atoms with E-state index < -0.39 is 5.91 Å². The highest BCUT2D eigenvalue weighted by Crippen LogP contribution is 1.47. The van der Waals surface area contributed by atoms with E-state index in [2.05, 4.69) is 11.3 Å². The molecular formula is C2H6N3O+. The molecule has 0 aliphatic carbocycles. The Labute approximate surface area is 35.5 Å². The zero-order valence-electron chi connectivity index (χ0n) is 3.22. The molecule has 0 bridgehead atoms. The monoisotopic (exact) mass is 88.1 g/mol. The molecule has 1 amide bonds. The van der Waals surface area contributed by atoms with Crippen molar-refractivity contribution in [3.05, 3.63) is 0 Å². The normalized spacial score (nSPS) is 8.33. The first-order valence-corrected chi connectivity index (χ1v) is 1.45. The van der Waals surface area contributed by atoms with Crippen LogP contribution in [0.15, 0.2) is 0 Å². The summed E-state index contributed by atoms with van der Waals surface area (Å²) in [7, 11) is 0. The van der Waals surface area contributed by atoms with Gasteiger partial charge in [-0.15, -0.1) is 0 Å². The van der Waals surface area contributed by atoms with E-state index in [4.69, 9.17) is 5.73 Å². The van der Waals surface area contributed by atoms with Gasteiger partial charge < -0.3 is 5.73 Å². The van der Waals surface area contributed by atoms with Crippen LogP contribution in [0.25, 0.3) is 0 Å². The second-order valence-corrected chi connectivity index (χ2v) is 0.727. The van der Waals surface area contributed by atoms with Crippen molar-refractivity contribution in [1.82, 2.24) is 5.43 Å². The molecule has 34 valence electrons. The van der Waals surface area contributed by atoms with Crippen molar-refractivity contribution in [2.24, 2.45) is 11.6 Å². The summed E-state index contributed by atoms with van der Waals surface area (Å²) in [6.45, 7) is -0.101. The number of carbonyl (C=O) groups is 1. The number of hydrogen-bond donors (Lipinski definition) is 2. The van der Waals surface area contributed by atoms with Gasteiger partial charge in [0.05, 0.1) is 0 Å². The fraction of sp³-hybridized carbons (Fsp3) is 0.500. The van der Waals surface area contributed by atoms with Crippen molar-refractivity contribution in [3.8, 4) is 0 Å². The largest absolute Gasteiger partial charge is 0.463 e. The molecule has 0 aromatic heterocycles. The van der Waals surface area contributed by atoms with Crippen LogP contribution in [-0.4, -0.2) is 12.5 Å². The van der Waals surface area contributed by atoms with Crippen LogP contribution in [0.3, 0.4) is 0 Å². The highest BCUT2D eigenvalue weighted by Gasteiger charge is 2.08. The SMILES string of the molecule is NCC(=O)[N+]N. The molecule has 0 fully saturated rings. The molecule has 0 aliphatic rings. The van der Waals surface area contributed by atoms with Crippen LogP contribution in [0.1, 0.15) is 0 Å². The lowest BCUT2D eigenvalue weighted by Gasteiger charge is -1.65. The summed E-state index contributed by atoms with van der Waals surface area (Å²) in [5.41, 5.74) is 7.50. The summed E-state index contributed by atoms with van der Waals surface area (Å²) in [4.78, 5) is 9.76. The summed E-state index contributed by atoms with van der Waals surface area (Å²) < 4.78 is 0. The third kappa shape index (κ3) is 1.83. The molecule has 6 heavy (non-hydrogen) atoms. The molecule has 0 aromatic carbocycles. The number of nitrogens with two attached hydrogens (primary N) is 2. The Bertz CT molecular complexity index is 46.8. The van der Waals surface area contributed by atoms with E-state index in [1.165, 1.54) is 0 Å². The van der Waals surface area contributed by atoms with Crippen molar-refractivity contribution in [1.29, 1.82) is 0 Å². The highest BCUT2D eigenvalue weighted by atomic mass is 16.2. The van der Waals surface area contributed by atoms with Crippen molar-refractivity contribution in [2.75, 3.05) is 6.54 Å². The molecule has 0 saturated carbocycles. The summed E-state index contributed by atoms with van der Waals surface area (Å²) in [5, 5.41) is 0. The van der Waals surface area contributed by atoms with Gasteiger partial charge in [-0.3, -0.25) is 0 Å². The van der Waals surface area contributed by atoms with Gasteiger partial charge in [0.2, 0.25) is 0 Å². The molecule has 4 heteroatoms. The number of amides is 1. The van der Waals surface area contributed by atoms with Gasteiger partial charge in [-0.1, -0.05) is 5.84 Å². The van der Waals surface area contributed by atoms with Gasteiger partial charge in [-0.25, -0.2) is 4.79 Å². The van der Waals surface area contributed by atoms with E-state index in [1.54, 1.807) is 0 Å². The predicted molar refractivity (Wildman–Crippen MR) is 20.4 cm³/mol. The molecule has 0 atom stereocenters. The summed E-state index contributed by atoms with van der Waals surface area (Å²) in [6, 6.07) is 0. The average molecular weight is 88.1 g/mol. The number of rotatable bonds is 1. The van der Waals surface area contributed by atoms with Crippen LogP contribution in [0.2, 0.25) is 0 Å². The quantitative estimate of drug-likeness (QED) is 0.220. The molecule has 0 unspecified atom stereocenters. The molecule has 0 saturated heterocycles. The molecule has 0 rings (SSSR count). The zero-order chi connectivity index (χ0) is 4.99. The lowest BCUT2D eigenvalue weighted by atomic mass is 10.7. The average Bonchev–Trinajstić information content (AvgIpc) is 1.65. The highest BCUT2D eigenvalue weighted by molar-refractivity contribution is 5.76. The van der Waals surface area contributed by atoms with E-state index in [9.17, 15) is 4.79 Å². The Morgan fingerprint density at radius 1 is 1.83 bits per heavy atom. The molecule has 2 radical (unpaired) electrons. The molecule has 4 nitrogen and oxygen atoms in total. The van der Waals surface area contributed by atoms with Crippen molar-refractivity contribution < 1.29 is 4.79 Å². The van der Waals surface area contributed by atoms with Crippen LogP contribution in [0, 0.1) is 0 Å². The Morgan fingerprint density at radius 3 is 2.33 bits per heavy atom. The van der Waals surface area contributed by atoms with Crippen molar-refractivity contribution in [2.45, 2.75) is 0 Å². The lowest BCUT2D eigenvalue weighted by molar-refractivity contribution is -0.120. The summed E-state index contributed by atoms with van der Waals surface area (Å²) >= 11 is 0. The Morgan fingerprint density at radius 2 is 2.33 bits per heavy atom. The van der Waals surface area contributed by atoms with Gasteiger partial charge >= 0.3 is 5.91 Å². The van der Waals surface area contributed by atoms with Gasteiger partial charge in [-0.05, 0) is 0 Å². The number of hydrogen-bond acceptors (Lipinski definition) is 3. The summed E-state index contributed by atoms with van der Waals surface area (Å²) in [6.07, 6.45) is 0. The number of carbonyl (C=O) groups excluding carboxylic acids is 1. The van der Waals surface area contributed by atoms with Crippen LogP contribution >= 0.6 is 0 Å². The molecular weight excluding hydrogens is 82.0 g/mol. The fourth-order valence-corrected chi connectivity index (χ4v) is 0.0527. The standard InChI is InChI=1S/C2H6N3O/c3-1-2(6)5-4/h1,3-4H2/q+1. The first-order chi connectivity index (χ1) is 2.81. The van der Waals surface area contributed by atoms with Crippen LogP contribution in [0.4, 0.5) is 0 Å². The molecule has 4 N–H and O–H groups in total. The van der Waals surface area contributed by atoms with Crippen LogP contribution < -0.4 is 17.0 Å². The Hall–Kier alpha value is -0.450. The van der Waals surface area contributed by atoms with Gasteiger partial charge in [0.15, 0.2) is 0 Å². The van der Waals surface area contributed by atoms with E-state index in [0.717, 1.165) is 0 Å². The van der Waals surface area contributed by atoms with Gasteiger partial charge in [0.25, 0.3) is 5.43 Å². The van der Waals surface area contributed by atoms with Crippen LogP contribution in [-0.2, 0) is 4.79 Å². The molecule has 0 aromatic rings. The minimum absolute atomic E-state index is 0.101. The zero-order valence-corrected chi connectivity index (χ0v) is 3.22. The number of nitrogens with zero attached hydrogens (tertiary/aromatic N) is 1. The minimum Gasteiger partial charge on any atom is -0.319 e. The fourth-order valence-electron chi connectivity index (χ4n) is 0.0527.